The average molecular weight is 471 g/mol. The van der Waals surface area contributed by atoms with Gasteiger partial charge in [-0.3, -0.25) is 4.79 Å². The van der Waals surface area contributed by atoms with Crippen molar-refractivity contribution in [2.45, 2.75) is 25.3 Å². The summed E-state index contributed by atoms with van der Waals surface area (Å²) in [4.78, 5) is 12.9. The molecule has 3 atom stereocenters. The van der Waals surface area contributed by atoms with Crippen molar-refractivity contribution >= 4 is 17.3 Å². The summed E-state index contributed by atoms with van der Waals surface area (Å²) in [5, 5.41) is 6.82. The molecule has 0 fully saturated rings. The van der Waals surface area contributed by atoms with Crippen molar-refractivity contribution in [2.75, 3.05) is 32.0 Å². The predicted octanol–water partition coefficient (Wildman–Crippen LogP) is 6.10. The molecule has 0 saturated carbocycles. The zero-order chi connectivity index (χ0) is 24.5. The zero-order valence-corrected chi connectivity index (χ0v) is 20.4. The Bertz CT molecular complexity index is 1270. The van der Waals surface area contributed by atoms with E-state index in [-0.39, 0.29) is 17.9 Å². The normalized spacial score (nSPS) is 19.8. The number of carbonyl (C=O) groups excluding carboxylic acids is 1. The van der Waals surface area contributed by atoms with Crippen LogP contribution in [0.4, 0.5) is 11.4 Å². The van der Waals surface area contributed by atoms with E-state index in [2.05, 4.69) is 34.9 Å². The van der Waals surface area contributed by atoms with E-state index in [9.17, 15) is 4.79 Å². The average Bonchev–Trinajstić information content (AvgIpc) is 3.38. The molecule has 0 bridgehead atoms. The molecule has 0 aromatic heterocycles. The summed E-state index contributed by atoms with van der Waals surface area (Å²) in [6.07, 6.45) is 5.48. The first-order chi connectivity index (χ1) is 17.0. The van der Waals surface area contributed by atoms with Gasteiger partial charge in [0.2, 0.25) is 5.75 Å². The lowest BCUT2D eigenvalue weighted by Crippen LogP contribution is -2.29. The second-order valence-corrected chi connectivity index (χ2v) is 9.01. The Labute approximate surface area is 205 Å². The maximum absolute atomic E-state index is 12.9. The molecular weight excluding hydrogens is 440 g/mol. The minimum atomic E-state index is -0.0966. The summed E-state index contributed by atoms with van der Waals surface area (Å²) in [6.45, 7) is 1.95. The molecule has 3 aromatic carbocycles. The number of hydrogen-bond donors (Lipinski definition) is 2. The third kappa shape index (κ3) is 4.09. The number of aryl methyl sites for hydroxylation is 1. The van der Waals surface area contributed by atoms with Crippen LogP contribution in [0.15, 0.2) is 66.7 Å². The van der Waals surface area contributed by atoms with Gasteiger partial charge in [-0.05, 0) is 72.4 Å². The van der Waals surface area contributed by atoms with E-state index in [4.69, 9.17) is 14.2 Å². The van der Waals surface area contributed by atoms with Crippen LogP contribution in [-0.2, 0) is 0 Å². The van der Waals surface area contributed by atoms with Crippen molar-refractivity contribution < 1.29 is 19.0 Å². The Morgan fingerprint density at radius 1 is 0.971 bits per heavy atom. The third-order valence-electron chi connectivity index (χ3n) is 7.06. The highest BCUT2D eigenvalue weighted by atomic mass is 16.5. The van der Waals surface area contributed by atoms with Gasteiger partial charge in [0.15, 0.2) is 11.5 Å². The molecule has 6 heteroatoms. The van der Waals surface area contributed by atoms with E-state index < -0.39 is 0 Å². The van der Waals surface area contributed by atoms with Crippen LogP contribution >= 0.6 is 0 Å². The number of fused-ring (bicyclic) bond motifs is 3. The van der Waals surface area contributed by atoms with Crippen LogP contribution in [0, 0.1) is 12.8 Å². The van der Waals surface area contributed by atoms with Crippen molar-refractivity contribution in [1.29, 1.82) is 0 Å². The van der Waals surface area contributed by atoms with E-state index in [1.807, 2.05) is 49.4 Å². The molecule has 6 nitrogen and oxygen atoms in total. The summed E-state index contributed by atoms with van der Waals surface area (Å²) in [6, 6.07) is 17.8. The highest BCUT2D eigenvalue weighted by molar-refractivity contribution is 6.05. The van der Waals surface area contributed by atoms with Gasteiger partial charge in [0.25, 0.3) is 5.91 Å². The number of amides is 1. The van der Waals surface area contributed by atoms with Gasteiger partial charge >= 0.3 is 0 Å². The van der Waals surface area contributed by atoms with Crippen LogP contribution in [0.3, 0.4) is 0 Å². The molecule has 3 aromatic rings. The minimum Gasteiger partial charge on any atom is -0.493 e. The number of rotatable bonds is 6. The Morgan fingerprint density at radius 3 is 2.40 bits per heavy atom. The molecule has 1 heterocycles. The molecule has 1 aliphatic heterocycles. The van der Waals surface area contributed by atoms with E-state index >= 15 is 0 Å². The number of allylic oxidation sites excluding steroid dienone is 2. The van der Waals surface area contributed by atoms with E-state index in [0.29, 0.717) is 28.7 Å². The molecule has 180 valence electrons. The van der Waals surface area contributed by atoms with Gasteiger partial charge < -0.3 is 24.8 Å². The fraction of sp³-hybridized carbons (Fsp3) is 0.276. The van der Waals surface area contributed by atoms with Gasteiger partial charge in [-0.15, -0.1) is 0 Å². The van der Waals surface area contributed by atoms with Crippen molar-refractivity contribution in [2.24, 2.45) is 5.92 Å². The maximum Gasteiger partial charge on any atom is 0.255 e. The Kier molecular flexibility index (Phi) is 6.12. The molecule has 0 spiro atoms. The third-order valence-corrected chi connectivity index (χ3v) is 7.06. The summed E-state index contributed by atoms with van der Waals surface area (Å²) < 4.78 is 16.7. The first kappa shape index (κ1) is 22.8. The lowest BCUT2D eigenvalue weighted by molar-refractivity contribution is 0.102. The van der Waals surface area contributed by atoms with Crippen molar-refractivity contribution in [3.63, 3.8) is 0 Å². The molecule has 1 aliphatic carbocycles. The molecule has 1 amide bonds. The number of anilines is 2. The Hall–Kier alpha value is -3.93. The molecule has 2 aliphatic rings. The molecular formula is C29H30N2O4. The van der Waals surface area contributed by atoms with Gasteiger partial charge in [0.05, 0.1) is 27.4 Å². The van der Waals surface area contributed by atoms with Crippen molar-refractivity contribution in [3.8, 4) is 17.2 Å². The van der Waals surface area contributed by atoms with Crippen molar-refractivity contribution in [3.05, 3.63) is 89.0 Å². The predicted molar refractivity (Wildman–Crippen MR) is 138 cm³/mol. The molecule has 3 unspecified atom stereocenters. The highest BCUT2D eigenvalue weighted by Crippen LogP contribution is 2.52. The number of carbonyl (C=O) groups is 1. The van der Waals surface area contributed by atoms with Gasteiger partial charge in [0, 0.05) is 22.9 Å². The highest BCUT2D eigenvalue weighted by Gasteiger charge is 2.38. The second kappa shape index (κ2) is 9.37. The summed E-state index contributed by atoms with van der Waals surface area (Å²) in [5.74, 6) is 2.35. The number of methoxy groups -OCH3 is 3. The van der Waals surface area contributed by atoms with Crippen LogP contribution < -0.4 is 24.8 Å². The fourth-order valence-corrected chi connectivity index (χ4v) is 5.31. The van der Waals surface area contributed by atoms with Crippen molar-refractivity contribution in [1.82, 2.24) is 0 Å². The molecule has 35 heavy (non-hydrogen) atoms. The van der Waals surface area contributed by atoms with E-state index in [0.717, 1.165) is 28.9 Å². The van der Waals surface area contributed by atoms with Crippen LogP contribution in [0.25, 0.3) is 0 Å². The smallest absolute Gasteiger partial charge is 0.255 e. The monoisotopic (exact) mass is 470 g/mol. The first-order valence-corrected chi connectivity index (χ1v) is 11.8. The second-order valence-electron chi connectivity index (χ2n) is 9.01. The number of benzene rings is 3. The number of nitrogens with one attached hydrogen (secondary N) is 2. The van der Waals surface area contributed by atoms with Gasteiger partial charge in [-0.25, -0.2) is 0 Å². The zero-order valence-electron chi connectivity index (χ0n) is 20.4. The topological polar surface area (TPSA) is 68.8 Å². The molecule has 5 rings (SSSR count). The Balaban J connectivity index is 1.47. The van der Waals surface area contributed by atoms with Gasteiger partial charge in [-0.1, -0.05) is 30.4 Å². The molecule has 2 N–H and O–H groups in total. The molecule has 0 radical (unpaired) electrons. The first-order valence-electron chi connectivity index (χ1n) is 11.8. The van der Waals surface area contributed by atoms with E-state index in [1.54, 1.807) is 21.3 Å². The van der Waals surface area contributed by atoms with Crippen LogP contribution in [-0.4, -0.2) is 27.2 Å². The van der Waals surface area contributed by atoms with Crippen LogP contribution in [0.2, 0.25) is 0 Å². The maximum atomic E-state index is 12.9. The largest absolute Gasteiger partial charge is 0.493 e. The number of hydrogen-bond acceptors (Lipinski definition) is 5. The summed E-state index contributed by atoms with van der Waals surface area (Å²) in [7, 11) is 4.89. The van der Waals surface area contributed by atoms with E-state index in [1.165, 1.54) is 5.56 Å². The summed E-state index contributed by atoms with van der Waals surface area (Å²) >= 11 is 0. The minimum absolute atomic E-state index is 0.0728. The SMILES string of the molecule is COc1cc(C2Nc3ccc(NC(=O)c4ccccc4C)cc3C3C=CCC32)cc(OC)c1OC. The fourth-order valence-electron chi connectivity index (χ4n) is 5.31. The molecule has 0 saturated heterocycles. The lowest BCUT2D eigenvalue weighted by atomic mass is 9.77. The summed E-state index contributed by atoms with van der Waals surface area (Å²) in [5.41, 5.74) is 5.77. The number of ether oxygens (including phenoxy) is 3. The van der Waals surface area contributed by atoms with Crippen LogP contribution in [0.5, 0.6) is 17.2 Å². The van der Waals surface area contributed by atoms with Gasteiger partial charge in [0.1, 0.15) is 0 Å². The Morgan fingerprint density at radius 2 is 1.71 bits per heavy atom. The lowest BCUT2D eigenvalue weighted by Gasteiger charge is -2.38. The van der Waals surface area contributed by atoms with Gasteiger partial charge in [-0.2, -0.15) is 0 Å². The quantitative estimate of drug-likeness (QED) is 0.426. The van der Waals surface area contributed by atoms with Crippen LogP contribution in [0.1, 0.15) is 45.4 Å². The standard InChI is InChI=1S/C29H30N2O4/c1-17-8-5-6-9-20(17)29(32)30-19-12-13-24-23(16-19)21-10-7-11-22(21)27(31-24)18-14-25(33-2)28(35-4)26(15-18)34-3/h5-10,12-16,21-22,27,31H,11H2,1-4H3,(H,30,32).